The Kier molecular flexibility index (Phi) is 7.06. The Hall–Kier alpha value is -0.690. The maximum absolute atomic E-state index is 13.5. The smallest absolute Gasteiger partial charge is 0.216 e. The number of nitrogens with one attached hydrogen (secondary N) is 1. The second-order valence-electron chi connectivity index (χ2n) is 5.36. The number of benzene rings is 1. The van der Waals surface area contributed by atoms with Crippen molar-refractivity contribution in [1.82, 2.24) is 4.72 Å². The summed E-state index contributed by atoms with van der Waals surface area (Å²) in [7, 11) is -3.58. The lowest BCUT2D eigenvalue weighted by Gasteiger charge is -2.23. The Bertz CT molecular complexity index is 548. The third-order valence-electron chi connectivity index (χ3n) is 3.86. The predicted molar refractivity (Wildman–Crippen MR) is 84.2 cm³/mol. The molecule has 1 saturated carbocycles. The fourth-order valence-electron chi connectivity index (χ4n) is 2.79. The van der Waals surface area contributed by atoms with Gasteiger partial charge in [0.15, 0.2) is 0 Å². The van der Waals surface area contributed by atoms with Gasteiger partial charge in [-0.1, -0.05) is 31.0 Å². The third kappa shape index (κ3) is 5.21. The topological polar surface area (TPSA) is 72.2 Å². The SMILES string of the molecule is Cl.NCC(NS(=O)(=O)Cc1ccccc1F)C1CCCC1. The Morgan fingerprint density at radius 2 is 1.90 bits per heavy atom. The van der Waals surface area contributed by atoms with Gasteiger partial charge in [0, 0.05) is 18.2 Å². The van der Waals surface area contributed by atoms with Crippen molar-refractivity contribution in [3.63, 3.8) is 0 Å². The highest BCUT2D eigenvalue weighted by Crippen LogP contribution is 2.27. The van der Waals surface area contributed by atoms with Crippen LogP contribution in [0.3, 0.4) is 0 Å². The predicted octanol–water partition coefficient (Wildman–Crippen LogP) is 2.18. The first-order valence-corrected chi connectivity index (χ1v) is 8.60. The summed E-state index contributed by atoms with van der Waals surface area (Å²) in [6, 6.07) is 5.68. The number of halogens is 2. The van der Waals surface area contributed by atoms with E-state index in [1.807, 2.05) is 0 Å². The molecule has 0 heterocycles. The van der Waals surface area contributed by atoms with Crippen LogP contribution < -0.4 is 10.5 Å². The van der Waals surface area contributed by atoms with E-state index >= 15 is 0 Å². The first-order chi connectivity index (χ1) is 9.52. The van der Waals surface area contributed by atoms with Crippen molar-refractivity contribution in [2.24, 2.45) is 11.7 Å². The van der Waals surface area contributed by atoms with Crippen molar-refractivity contribution < 1.29 is 12.8 Å². The summed E-state index contributed by atoms with van der Waals surface area (Å²) in [5, 5.41) is 0. The molecule has 1 aliphatic carbocycles. The molecule has 7 heteroatoms. The lowest BCUT2D eigenvalue weighted by Crippen LogP contribution is -2.45. The molecule has 21 heavy (non-hydrogen) atoms. The summed E-state index contributed by atoms with van der Waals surface area (Å²) in [5.41, 5.74) is 5.86. The summed E-state index contributed by atoms with van der Waals surface area (Å²) in [4.78, 5) is 0. The van der Waals surface area contributed by atoms with Gasteiger partial charge >= 0.3 is 0 Å². The van der Waals surface area contributed by atoms with Gasteiger partial charge in [0.25, 0.3) is 0 Å². The van der Waals surface area contributed by atoms with Gasteiger partial charge in [0.2, 0.25) is 10.0 Å². The fraction of sp³-hybridized carbons (Fsp3) is 0.571. The van der Waals surface area contributed by atoms with Gasteiger partial charge in [0.05, 0.1) is 5.75 Å². The molecule has 120 valence electrons. The Labute approximate surface area is 131 Å². The van der Waals surface area contributed by atoms with Crippen LogP contribution in [0.25, 0.3) is 0 Å². The van der Waals surface area contributed by atoms with Gasteiger partial charge in [-0.05, 0) is 24.8 Å². The Morgan fingerprint density at radius 3 is 2.48 bits per heavy atom. The average Bonchev–Trinajstić information content (AvgIpc) is 2.92. The second-order valence-corrected chi connectivity index (χ2v) is 7.11. The number of hydrogen-bond acceptors (Lipinski definition) is 3. The summed E-state index contributed by atoms with van der Waals surface area (Å²) in [6.45, 7) is 0.279. The minimum absolute atomic E-state index is 0. The van der Waals surface area contributed by atoms with Crippen LogP contribution in [0.1, 0.15) is 31.2 Å². The van der Waals surface area contributed by atoms with Crippen molar-refractivity contribution in [2.45, 2.75) is 37.5 Å². The summed E-state index contributed by atoms with van der Waals surface area (Å²) in [5.74, 6) is -0.540. The molecule has 4 nitrogen and oxygen atoms in total. The van der Waals surface area contributed by atoms with Crippen LogP contribution in [-0.4, -0.2) is 21.0 Å². The monoisotopic (exact) mass is 336 g/mol. The molecular weight excluding hydrogens is 315 g/mol. The quantitative estimate of drug-likeness (QED) is 0.836. The zero-order valence-electron chi connectivity index (χ0n) is 11.8. The van der Waals surface area contributed by atoms with Gasteiger partial charge < -0.3 is 5.73 Å². The number of rotatable bonds is 6. The van der Waals surface area contributed by atoms with Gasteiger partial charge in [-0.25, -0.2) is 17.5 Å². The normalized spacial score (nSPS) is 17.4. The van der Waals surface area contributed by atoms with Crippen LogP contribution in [0.4, 0.5) is 4.39 Å². The van der Waals surface area contributed by atoms with E-state index in [1.165, 1.54) is 12.1 Å². The van der Waals surface area contributed by atoms with Crippen molar-refractivity contribution >= 4 is 22.4 Å². The van der Waals surface area contributed by atoms with Crippen LogP contribution in [0, 0.1) is 11.7 Å². The molecule has 0 spiro atoms. The van der Waals surface area contributed by atoms with E-state index in [-0.39, 0.29) is 36.3 Å². The number of nitrogens with two attached hydrogens (primary N) is 1. The molecule has 1 aromatic rings. The summed E-state index contributed by atoms with van der Waals surface area (Å²) in [6.07, 6.45) is 4.25. The van der Waals surface area contributed by atoms with E-state index in [0.29, 0.717) is 5.92 Å². The molecule has 1 unspecified atom stereocenters. The van der Waals surface area contributed by atoms with Gasteiger partial charge in [0.1, 0.15) is 5.82 Å². The highest BCUT2D eigenvalue weighted by molar-refractivity contribution is 7.88. The highest BCUT2D eigenvalue weighted by atomic mass is 35.5. The van der Waals surface area contributed by atoms with Crippen molar-refractivity contribution in [1.29, 1.82) is 0 Å². The zero-order chi connectivity index (χ0) is 14.6. The molecular formula is C14H22ClFN2O2S. The number of sulfonamides is 1. The molecule has 1 atom stereocenters. The van der Waals surface area contributed by atoms with Crippen LogP contribution >= 0.6 is 12.4 Å². The molecule has 0 saturated heterocycles. The minimum Gasteiger partial charge on any atom is -0.329 e. The van der Waals surface area contributed by atoms with Gasteiger partial charge in [-0.3, -0.25) is 0 Å². The van der Waals surface area contributed by atoms with Crippen molar-refractivity contribution in [3.8, 4) is 0 Å². The van der Waals surface area contributed by atoms with E-state index < -0.39 is 15.8 Å². The molecule has 0 amide bonds. The second kappa shape index (κ2) is 8.08. The van der Waals surface area contributed by atoms with E-state index in [0.717, 1.165) is 25.7 Å². The van der Waals surface area contributed by atoms with Crippen LogP contribution in [-0.2, 0) is 15.8 Å². The minimum atomic E-state index is -3.58. The van der Waals surface area contributed by atoms with E-state index in [2.05, 4.69) is 4.72 Å². The first-order valence-electron chi connectivity index (χ1n) is 6.95. The maximum Gasteiger partial charge on any atom is 0.216 e. The zero-order valence-corrected chi connectivity index (χ0v) is 13.4. The van der Waals surface area contributed by atoms with Gasteiger partial charge in [-0.2, -0.15) is 0 Å². The van der Waals surface area contributed by atoms with Crippen molar-refractivity contribution in [3.05, 3.63) is 35.6 Å². The maximum atomic E-state index is 13.5. The van der Waals surface area contributed by atoms with E-state index in [4.69, 9.17) is 5.73 Å². The highest BCUT2D eigenvalue weighted by Gasteiger charge is 2.27. The van der Waals surface area contributed by atoms with Gasteiger partial charge in [-0.15, -0.1) is 12.4 Å². The lowest BCUT2D eigenvalue weighted by atomic mass is 9.99. The van der Waals surface area contributed by atoms with E-state index in [9.17, 15) is 12.8 Å². The van der Waals surface area contributed by atoms with Crippen LogP contribution in [0.2, 0.25) is 0 Å². The van der Waals surface area contributed by atoms with Crippen LogP contribution in [0.15, 0.2) is 24.3 Å². The third-order valence-corrected chi connectivity index (χ3v) is 5.21. The largest absolute Gasteiger partial charge is 0.329 e. The fourth-order valence-corrected chi connectivity index (χ4v) is 4.27. The standard InChI is InChI=1S/C14H21FN2O2S.ClH/c15-13-8-4-3-7-12(13)10-20(18,19)17-14(9-16)11-5-1-2-6-11;/h3-4,7-8,11,14,17H,1-2,5-6,9-10,16H2;1H. The summed E-state index contributed by atoms with van der Waals surface area (Å²) >= 11 is 0. The van der Waals surface area contributed by atoms with E-state index in [1.54, 1.807) is 12.1 Å². The molecule has 1 aliphatic rings. The lowest BCUT2D eigenvalue weighted by molar-refractivity contribution is 0.405. The molecule has 1 aromatic carbocycles. The molecule has 3 N–H and O–H groups in total. The molecule has 0 aliphatic heterocycles. The number of hydrogen-bond donors (Lipinski definition) is 2. The molecule has 0 radical (unpaired) electrons. The first kappa shape index (κ1) is 18.4. The van der Waals surface area contributed by atoms with Crippen LogP contribution in [0.5, 0.6) is 0 Å². The molecule has 1 fully saturated rings. The molecule has 0 aromatic heterocycles. The van der Waals surface area contributed by atoms with Crippen molar-refractivity contribution in [2.75, 3.05) is 6.54 Å². The molecule has 0 bridgehead atoms. The average molecular weight is 337 g/mol. The Balaban J connectivity index is 0.00000220. The molecule has 2 rings (SSSR count). The Morgan fingerprint density at radius 1 is 1.29 bits per heavy atom. The summed E-state index contributed by atoms with van der Waals surface area (Å²) < 4.78 is 40.5.